The average Bonchev–Trinajstić information content (AvgIpc) is 2.73. The number of aryl methyl sites for hydroxylation is 2. The smallest absolute Gasteiger partial charge is 0.104 e. The predicted octanol–water partition coefficient (Wildman–Crippen LogP) is 1.69. The number of nitrogens with zero attached hydrogens (tertiary/aromatic N) is 2. The van der Waals surface area contributed by atoms with Gasteiger partial charge in [0.25, 0.3) is 0 Å². The van der Waals surface area contributed by atoms with Gasteiger partial charge in [-0.1, -0.05) is 0 Å². The van der Waals surface area contributed by atoms with Gasteiger partial charge >= 0.3 is 0 Å². The summed E-state index contributed by atoms with van der Waals surface area (Å²) >= 11 is 0. The normalized spacial score (nSPS) is 23.2. The van der Waals surface area contributed by atoms with E-state index < -0.39 is 6.17 Å². The minimum absolute atomic E-state index is 0.210. The van der Waals surface area contributed by atoms with Crippen LogP contribution in [0.15, 0.2) is 12.3 Å². The maximum atomic E-state index is 13.9. The molecule has 0 aliphatic carbocycles. The SMILES string of the molecule is Cn1nccc1CCC(F)C1CCCNC1. The van der Waals surface area contributed by atoms with Crippen LogP contribution in [0.3, 0.4) is 0 Å². The van der Waals surface area contributed by atoms with Crippen LogP contribution in [0.2, 0.25) is 0 Å². The Morgan fingerprint density at radius 3 is 3.19 bits per heavy atom. The monoisotopic (exact) mass is 225 g/mol. The molecule has 1 aromatic heterocycles. The van der Waals surface area contributed by atoms with Crippen molar-refractivity contribution in [2.45, 2.75) is 31.9 Å². The van der Waals surface area contributed by atoms with Crippen molar-refractivity contribution in [2.24, 2.45) is 13.0 Å². The van der Waals surface area contributed by atoms with Gasteiger partial charge in [0, 0.05) is 31.4 Å². The van der Waals surface area contributed by atoms with Gasteiger partial charge in [0.1, 0.15) is 6.17 Å². The van der Waals surface area contributed by atoms with Crippen molar-refractivity contribution in [3.8, 4) is 0 Å². The fourth-order valence-corrected chi connectivity index (χ4v) is 2.36. The van der Waals surface area contributed by atoms with Crippen LogP contribution in [0.5, 0.6) is 0 Å². The Kier molecular flexibility index (Phi) is 3.93. The quantitative estimate of drug-likeness (QED) is 0.845. The first-order valence-electron chi connectivity index (χ1n) is 6.09. The molecule has 2 rings (SSSR count). The van der Waals surface area contributed by atoms with E-state index >= 15 is 0 Å². The molecule has 16 heavy (non-hydrogen) atoms. The Hall–Kier alpha value is -0.900. The number of hydrogen-bond donors (Lipinski definition) is 1. The molecule has 0 saturated carbocycles. The summed E-state index contributed by atoms with van der Waals surface area (Å²) in [6, 6.07) is 1.96. The van der Waals surface area contributed by atoms with Crippen molar-refractivity contribution >= 4 is 0 Å². The first-order valence-corrected chi connectivity index (χ1v) is 6.09. The highest BCUT2D eigenvalue weighted by Gasteiger charge is 2.22. The largest absolute Gasteiger partial charge is 0.316 e. The number of nitrogens with one attached hydrogen (secondary N) is 1. The molecule has 3 nitrogen and oxygen atoms in total. The molecule has 1 saturated heterocycles. The lowest BCUT2D eigenvalue weighted by Crippen LogP contribution is -2.35. The lowest BCUT2D eigenvalue weighted by Gasteiger charge is -2.25. The third-order valence-corrected chi connectivity index (χ3v) is 3.45. The zero-order valence-electron chi connectivity index (χ0n) is 9.82. The summed E-state index contributed by atoms with van der Waals surface area (Å²) in [5, 5.41) is 7.35. The van der Waals surface area contributed by atoms with Crippen molar-refractivity contribution in [3.63, 3.8) is 0 Å². The Labute approximate surface area is 96.0 Å². The molecule has 0 aromatic carbocycles. The predicted molar refractivity (Wildman–Crippen MR) is 62.0 cm³/mol. The van der Waals surface area contributed by atoms with Gasteiger partial charge in [-0.15, -0.1) is 0 Å². The number of aromatic nitrogens is 2. The van der Waals surface area contributed by atoms with E-state index in [0.29, 0.717) is 6.42 Å². The van der Waals surface area contributed by atoms with Gasteiger partial charge in [-0.05, 0) is 38.3 Å². The van der Waals surface area contributed by atoms with Crippen LogP contribution >= 0.6 is 0 Å². The molecule has 0 spiro atoms. The number of halogens is 1. The summed E-state index contributed by atoms with van der Waals surface area (Å²) in [5.41, 5.74) is 1.12. The molecule has 4 heteroatoms. The van der Waals surface area contributed by atoms with E-state index in [1.807, 2.05) is 17.8 Å². The van der Waals surface area contributed by atoms with Gasteiger partial charge in [0.2, 0.25) is 0 Å². The highest BCUT2D eigenvalue weighted by atomic mass is 19.1. The molecule has 90 valence electrons. The molecule has 0 amide bonds. The van der Waals surface area contributed by atoms with Crippen molar-refractivity contribution < 1.29 is 4.39 Å². The van der Waals surface area contributed by atoms with Crippen LogP contribution < -0.4 is 5.32 Å². The second-order valence-corrected chi connectivity index (χ2v) is 4.61. The van der Waals surface area contributed by atoms with Crippen LogP contribution in [-0.2, 0) is 13.5 Å². The molecule has 2 atom stereocenters. The van der Waals surface area contributed by atoms with Crippen LogP contribution in [0.25, 0.3) is 0 Å². The molecule has 0 bridgehead atoms. The zero-order chi connectivity index (χ0) is 11.4. The van der Waals surface area contributed by atoms with Gasteiger partial charge in [-0.2, -0.15) is 5.10 Å². The Morgan fingerprint density at radius 1 is 1.69 bits per heavy atom. The van der Waals surface area contributed by atoms with Gasteiger partial charge < -0.3 is 5.32 Å². The van der Waals surface area contributed by atoms with E-state index in [1.54, 1.807) is 6.20 Å². The highest BCUT2D eigenvalue weighted by Crippen LogP contribution is 2.21. The summed E-state index contributed by atoms with van der Waals surface area (Å²) in [4.78, 5) is 0. The van der Waals surface area contributed by atoms with E-state index in [4.69, 9.17) is 0 Å². The number of piperidine rings is 1. The van der Waals surface area contributed by atoms with Crippen molar-refractivity contribution in [3.05, 3.63) is 18.0 Å². The maximum Gasteiger partial charge on any atom is 0.104 e. The molecule has 0 radical (unpaired) electrons. The molecule has 1 fully saturated rings. The van der Waals surface area contributed by atoms with Crippen molar-refractivity contribution in [1.82, 2.24) is 15.1 Å². The van der Waals surface area contributed by atoms with E-state index in [-0.39, 0.29) is 5.92 Å². The Balaban J connectivity index is 1.78. The third-order valence-electron chi connectivity index (χ3n) is 3.45. The van der Waals surface area contributed by atoms with E-state index in [1.165, 1.54) is 0 Å². The molecule has 1 aliphatic rings. The Bertz CT molecular complexity index is 318. The number of rotatable bonds is 4. The summed E-state index contributed by atoms with van der Waals surface area (Å²) in [6.07, 6.45) is 4.63. The minimum Gasteiger partial charge on any atom is -0.316 e. The summed E-state index contributed by atoms with van der Waals surface area (Å²) < 4.78 is 15.8. The first kappa shape index (κ1) is 11.6. The summed E-state index contributed by atoms with van der Waals surface area (Å²) in [6.45, 7) is 1.89. The van der Waals surface area contributed by atoms with E-state index in [2.05, 4.69) is 10.4 Å². The van der Waals surface area contributed by atoms with E-state index in [0.717, 1.165) is 38.0 Å². The average molecular weight is 225 g/mol. The molecule has 2 unspecified atom stereocenters. The standard InChI is InChI=1S/C12H20FN3/c1-16-11(6-8-15-16)4-5-12(13)10-3-2-7-14-9-10/h6,8,10,12,14H,2-5,7,9H2,1H3. The fourth-order valence-electron chi connectivity index (χ4n) is 2.36. The molecular weight excluding hydrogens is 205 g/mol. The molecule has 1 N–H and O–H groups in total. The lowest BCUT2D eigenvalue weighted by molar-refractivity contribution is 0.181. The molecule has 1 aliphatic heterocycles. The molecular formula is C12H20FN3. The maximum absolute atomic E-state index is 13.9. The Morgan fingerprint density at radius 2 is 2.56 bits per heavy atom. The van der Waals surface area contributed by atoms with Gasteiger partial charge in [0.05, 0.1) is 0 Å². The number of alkyl halides is 1. The van der Waals surface area contributed by atoms with E-state index in [9.17, 15) is 4.39 Å². The summed E-state index contributed by atoms with van der Waals surface area (Å²) in [7, 11) is 1.91. The highest BCUT2D eigenvalue weighted by molar-refractivity contribution is 5.00. The van der Waals surface area contributed by atoms with Crippen molar-refractivity contribution in [2.75, 3.05) is 13.1 Å². The van der Waals surface area contributed by atoms with Crippen LogP contribution in [-0.4, -0.2) is 29.0 Å². The minimum atomic E-state index is -0.678. The van der Waals surface area contributed by atoms with Crippen LogP contribution in [0.1, 0.15) is 25.0 Å². The second kappa shape index (κ2) is 5.43. The fraction of sp³-hybridized carbons (Fsp3) is 0.750. The van der Waals surface area contributed by atoms with Crippen LogP contribution in [0, 0.1) is 5.92 Å². The van der Waals surface area contributed by atoms with Crippen molar-refractivity contribution in [1.29, 1.82) is 0 Å². The van der Waals surface area contributed by atoms with Gasteiger partial charge in [-0.3, -0.25) is 4.68 Å². The lowest BCUT2D eigenvalue weighted by atomic mass is 9.92. The zero-order valence-corrected chi connectivity index (χ0v) is 9.82. The first-order chi connectivity index (χ1) is 7.77. The third kappa shape index (κ3) is 2.82. The topological polar surface area (TPSA) is 29.9 Å². The molecule has 1 aromatic rings. The molecule has 2 heterocycles. The van der Waals surface area contributed by atoms with Gasteiger partial charge in [0.15, 0.2) is 0 Å². The van der Waals surface area contributed by atoms with Crippen LogP contribution in [0.4, 0.5) is 4.39 Å². The number of hydrogen-bond acceptors (Lipinski definition) is 2. The summed E-state index contributed by atoms with van der Waals surface area (Å²) in [5.74, 6) is 0.210. The van der Waals surface area contributed by atoms with Gasteiger partial charge in [-0.25, -0.2) is 4.39 Å². The second-order valence-electron chi connectivity index (χ2n) is 4.61.